The Balaban J connectivity index is 2.45. The summed E-state index contributed by atoms with van der Waals surface area (Å²) in [6.07, 6.45) is 0. The average Bonchev–Trinajstić information content (AvgIpc) is 2.74. The van der Waals surface area contributed by atoms with Crippen LogP contribution in [0.5, 0.6) is 0 Å². The van der Waals surface area contributed by atoms with Crippen LogP contribution >= 0.6 is 11.8 Å². The summed E-state index contributed by atoms with van der Waals surface area (Å²) in [7, 11) is 0. The van der Waals surface area contributed by atoms with Gasteiger partial charge in [0.1, 0.15) is 0 Å². The van der Waals surface area contributed by atoms with Gasteiger partial charge < -0.3 is 5.32 Å². The number of carbonyl (C=O) groups is 1. The van der Waals surface area contributed by atoms with E-state index in [9.17, 15) is 4.79 Å². The second-order valence-electron chi connectivity index (χ2n) is 4.89. The molecule has 0 aliphatic heterocycles. The van der Waals surface area contributed by atoms with Gasteiger partial charge >= 0.3 is 0 Å². The van der Waals surface area contributed by atoms with Crippen LogP contribution in [0.1, 0.15) is 40.7 Å². The van der Waals surface area contributed by atoms with Crippen molar-refractivity contribution >= 4 is 17.7 Å². The Kier molecular flexibility index (Phi) is 5.58. The zero-order valence-corrected chi connectivity index (χ0v) is 12.4. The van der Waals surface area contributed by atoms with Gasteiger partial charge in [0.15, 0.2) is 0 Å². The van der Waals surface area contributed by atoms with E-state index in [1.807, 2.05) is 20.8 Å². The Morgan fingerprint density at radius 2 is 2.00 bits per heavy atom. The van der Waals surface area contributed by atoms with Crippen molar-refractivity contribution in [3.05, 3.63) is 0 Å². The van der Waals surface area contributed by atoms with Crippen molar-refractivity contribution in [2.24, 2.45) is 5.92 Å². The number of amides is 1. The number of carbonyl (C=O) groups excluding carboxylic acids is 1. The molecule has 0 radical (unpaired) electrons. The minimum Gasteiger partial charge on any atom is -0.353 e. The van der Waals surface area contributed by atoms with Crippen molar-refractivity contribution in [3.8, 4) is 0 Å². The van der Waals surface area contributed by atoms with E-state index in [-0.39, 0.29) is 18.0 Å². The lowest BCUT2D eigenvalue weighted by Crippen LogP contribution is -2.37. The van der Waals surface area contributed by atoms with Crippen molar-refractivity contribution in [2.45, 2.75) is 51.9 Å². The van der Waals surface area contributed by atoms with Gasteiger partial charge in [-0.15, -0.1) is 5.10 Å². The van der Waals surface area contributed by atoms with Gasteiger partial charge in [0.25, 0.3) is 0 Å². The van der Waals surface area contributed by atoms with E-state index in [1.54, 1.807) is 4.68 Å². The molecule has 0 saturated carbocycles. The standard InChI is InChI=1S/C11H21N5OS/c1-7(2)9(5)12-10(17)6-18-11-13-14-15-16(11)8(3)4/h7-9H,6H2,1-5H3,(H,12,17). The van der Waals surface area contributed by atoms with Crippen molar-refractivity contribution in [1.29, 1.82) is 0 Å². The van der Waals surface area contributed by atoms with Gasteiger partial charge in [0, 0.05) is 6.04 Å². The van der Waals surface area contributed by atoms with Crippen LogP contribution in [-0.4, -0.2) is 37.9 Å². The van der Waals surface area contributed by atoms with E-state index in [1.165, 1.54) is 11.8 Å². The zero-order valence-electron chi connectivity index (χ0n) is 11.5. The highest BCUT2D eigenvalue weighted by molar-refractivity contribution is 7.99. The van der Waals surface area contributed by atoms with E-state index < -0.39 is 0 Å². The van der Waals surface area contributed by atoms with Crippen molar-refractivity contribution in [1.82, 2.24) is 25.5 Å². The predicted octanol–water partition coefficient (Wildman–Crippen LogP) is 1.51. The van der Waals surface area contributed by atoms with Crippen molar-refractivity contribution in [2.75, 3.05) is 5.75 Å². The van der Waals surface area contributed by atoms with E-state index in [2.05, 4.69) is 34.7 Å². The summed E-state index contributed by atoms with van der Waals surface area (Å²) in [6, 6.07) is 0.374. The fourth-order valence-electron chi connectivity index (χ4n) is 1.20. The number of hydrogen-bond donors (Lipinski definition) is 1. The van der Waals surface area contributed by atoms with E-state index in [0.29, 0.717) is 16.8 Å². The fourth-order valence-corrected chi connectivity index (χ4v) is 2.01. The highest BCUT2D eigenvalue weighted by Crippen LogP contribution is 2.16. The maximum atomic E-state index is 11.7. The highest BCUT2D eigenvalue weighted by atomic mass is 32.2. The first-order valence-corrected chi connectivity index (χ1v) is 7.10. The molecular formula is C11H21N5OS. The number of tetrazole rings is 1. The van der Waals surface area contributed by atoms with Gasteiger partial charge in [-0.2, -0.15) is 0 Å². The summed E-state index contributed by atoms with van der Waals surface area (Å²) in [5.74, 6) is 0.781. The molecule has 0 bridgehead atoms. The zero-order chi connectivity index (χ0) is 13.7. The predicted molar refractivity (Wildman–Crippen MR) is 71.4 cm³/mol. The third kappa shape index (κ3) is 4.29. The molecule has 6 nitrogen and oxygen atoms in total. The molecule has 0 spiro atoms. The average molecular weight is 271 g/mol. The lowest BCUT2D eigenvalue weighted by Gasteiger charge is -2.17. The van der Waals surface area contributed by atoms with Gasteiger partial charge in [-0.25, -0.2) is 4.68 Å². The smallest absolute Gasteiger partial charge is 0.230 e. The maximum Gasteiger partial charge on any atom is 0.230 e. The fraction of sp³-hybridized carbons (Fsp3) is 0.818. The number of rotatable bonds is 6. The van der Waals surface area contributed by atoms with Crippen LogP contribution in [0, 0.1) is 5.92 Å². The summed E-state index contributed by atoms with van der Waals surface area (Å²) in [5.41, 5.74) is 0. The lowest BCUT2D eigenvalue weighted by atomic mass is 10.1. The highest BCUT2D eigenvalue weighted by Gasteiger charge is 2.14. The second kappa shape index (κ2) is 6.72. The topological polar surface area (TPSA) is 72.7 Å². The van der Waals surface area contributed by atoms with E-state index in [0.717, 1.165) is 0 Å². The molecule has 7 heteroatoms. The third-order valence-corrected chi connectivity index (χ3v) is 3.61. The molecule has 1 unspecified atom stereocenters. The van der Waals surface area contributed by atoms with Crippen molar-refractivity contribution in [3.63, 3.8) is 0 Å². The molecule has 1 rings (SSSR count). The van der Waals surface area contributed by atoms with Crippen LogP contribution in [0.4, 0.5) is 0 Å². The monoisotopic (exact) mass is 271 g/mol. The Morgan fingerprint density at radius 1 is 1.33 bits per heavy atom. The maximum absolute atomic E-state index is 11.7. The molecule has 1 N–H and O–H groups in total. The minimum absolute atomic E-state index is 0.0134. The summed E-state index contributed by atoms with van der Waals surface area (Å²) < 4.78 is 1.71. The van der Waals surface area contributed by atoms with Crippen LogP contribution in [0.3, 0.4) is 0 Å². The molecule has 18 heavy (non-hydrogen) atoms. The molecule has 1 aromatic heterocycles. The molecule has 0 fully saturated rings. The van der Waals surface area contributed by atoms with Gasteiger partial charge in [-0.1, -0.05) is 25.6 Å². The van der Waals surface area contributed by atoms with E-state index in [4.69, 9.17) is 0 Å². The molecule has 1 heterocycles. The normalized spacial score (nSPS) is 13.1. The first-order chi connectivity index (χ1) is 8.41. The van der Waals surface area contributed by atoms with Crippen LogP contribution < -0.4 is 5.32 Å². The Morgan fingerprint density at radius 3 is 2.56 bits per heavy atom. The van der Waals surface area contributed by atoms with Crippen LogP contribution in [0.25, 0.3) is 0 Å². The van der Waals surface area contributed by atoms with Crippen molar-refractivity contribution < 1.29 is 4.79 Å². The summed E-state index contributed by atoms with van der Waals surface area (Å²) in [6.45, 7) is 10.2. The van der Waals surface area contributed by atoms with Gasteiger partial charge in [0.2, 0.25) is 11.1 Å². The van der Waals surface area contributed by atoms with Gasteiger partial charge in [-0.3, -0.25) is 4.79 Å². The number of hydrogen-bond acceptors (Lipinski definition) is 5. The van der Waals surface area contributed by atoms with Gasteiger partial charge in [-0.05, 0) is 37.1 Å². The Bertz CT molecular complexity index is 391. The molecule has 0 saturated heterocycles. The molecule has 0 aliphatic carbocycles. The molecule has 1 atom stereocenters. The molecule has 0 aliphatic rings. The number of nitrogens with zero attached hydrogens (tertiary/aromatic N) is 4. The third-order valence-electron chi connectivity index (χ3n) is 2.67. The molecule has 0 aromatic carbocycles. The Labute approximate surface area is 112 Å². The molecule has 1 amide bonds. The summed E-state index contributed by atoms with van der Waals surface area (Å²) in [5, 5.41) is 15.0. The summed E-state index contributed by atoms with van der Waals surface area (Å²) in [4.78, 5) is 11.7. The largest absolute Gasteiger partial charge is 0.353 e. The van der Waals surface area contributed by atoms with Gasteiger partial charge in [0.05, 0.1) is 11.8 Å². The summed E-state index contributed by atoms with van der Waals surface area (Å²) >= 11 is 1.36. The number of nitrogens with one attached hydrogen (secondary N) is 1. The first kappa shape index (κ1) is 14.9. The minimum atomic E-state index is 0.0134. The Hall–Kier alpha value is -1.11. The molecule has 102 valence electrons. The van der Waals surface area contributed by atoms with Crippen LogP contribution in [-0.2, 0) is 4.79 Å². The number of aromatic nitrogens is 4. The molecular weight excluding hydrogens is 250 g/mol. The van der Waals surface area contributed by atoms with Crippen LogP contribution in [0.15, 0.2) is 5.16 Å². The lowest BCUT2D eigenvalue weighted by molar-refractivity contribution is -0.119. The molecule has 1 aromatic rings. The van der Waals surface area contributed by atoms with Crippen LogP contribution in [0.2, 0.25) is 0 Å². The van der Waals surface area contributed by atoms with E-state index >= 15 is 0 Å². The first-order valence-electron chi connectivity index (χ1n) is 6.11. The quantitative estimate of drug-likeness (QED) is 0.794. The second-order valence-corrected chi connectivity index (χ2v) is 5.83. The SMILES string of the molecule is CC(C)C(C)NC(=O)CSc1nnnn1C(C)C. The number of thioether (sulfide) groups is 1.